The number of ether oxygens (including phenoxy) is 1. The summed E-state index contributed by atoms with van der Waals surface area (Å²) in [4.78, 5) is 23.9. The molecule has 2 aromatic rings. The van der Waals surface area contributed by atoms with Gasteiger partial charge in [0.15, 0.2) is 5.75 Å². The fraction of sp³-hybridized carbons (Fsp3) is 0.211. The Kier molecular flexibility index (Phi) is 4.79. The van der Waals surface area contributed by atoms with Gasteiger partial charge in [-0.25, -0.2) is 5.01 Å². The van der Waals surface area contributed by atoms with E-state index in [4.69, 9.17) is 4.74 Å². The van der Waals surface area contributed by atoms with Gasteiger partial charge in [-0.05, 0) is 31.2 Å². The molecule has 0 bridgehead atoms. The summed E-state index contributed by atoms with van der Waals surface area (Å²) in [7, 11) is 1.54. The van der Waals surface area contributed by atoms with Crippen molar-refractivity contribution < 1.29 is 14.3 Å². The third-order valence-corrected chi connectivity index (χ3v) is 3.85. The first-order chi connectivity index (χ1) is 12.0. The van der Waals surface area contributed by atoms with E-state index in [1.165, 1.54) is 5.01 Å². The summed E-state index contributed by atoms with van der Waals surface area (Å²) in [5.74, 6) is 0.798. The normalized spacial score (nSPS) is 14.1. The van der Waals surface area contributed by atoms with Crippen molar-refractivity contribution in [2.45, 2.75) is 19.8 Å². The van der Waals surface area contributed by atoms with Crippen molar-refractivity contribution in [3.05, 3.63) is 54.1 Å². The largest absolute Gasteiger partial charge is 0.455 e. The molecule has 0 unspecified atom stereocenters. The highest BCUT2D eigenvalue weighted by molar-refractivity contribution is 6.43. The fourth-order valence-electron chi connectivity index (χ4n) is 2.42. The molecule has 6 heteroatoms. The van der Waals surface area contributed by atoms with Crippen molar-refractivity contribution >= 4 is 23.2 Å². The number of rotatable bonds is 4. The summed E-state index contributed by atoms with van der Waals surface area (Å²) < 4.78 is 5.87. The Hall–Kier alpha value is -3.15. The van der Waals surface area contributed by atoms with Gasteiger partial charge in [0, 0.05) is 19.9 Å². The smallest absolute Gasteiger partial charge is 0.271 e. The number of anilines is 1. The quantitative estimate of drug-likeness (QED) is 0.930. The molecule has 1 heterocycles. The highest BCUT2D eigenvalue weighted by Gasteiger charge is 2.22. The van der Waals surface area contributed by atoms with Crippen LogP contribution < -0.4 is 10.1 Å². The third kappa shape index (κ3) is 4.03. The second kappa shape index (κ2) is 7.17. The van der Waals surface area contributed by atoms with E-state index in [1.54, 1.807) is 19.2 Å². The van der Waals surface area contributed by atoms with Gasteiger partial charge in [0.1, 0.15) is 11.5 Å². The van der Waals surface area contributed by atoms with Gasteiger partial charge in [0.05, 0.1) is 5.69 Å². The summed E-state index contributed by atoms with van der Waals surface area (Å²) >= 11 is 0. The van der Waals surface area contributed by atoms with Gasteiger partial charge in [-0.2, -0.15) is 5.10 Å². The maximum atomic E-state index is 12.4. The molecule has 1 aliphatic heterocycles. The number of para-hydroxylation sites is 2. The number of carbonyl (C=O) groups is 2. The van der Waals surface area contributed by atoms with Gasteiger partial charge in [0.25, 0.3) is 5.91 Å². The van der Waals surface area contributed by atoms with Crippen LogP contribution in [-0.2, 0) is 9.59 Å². The van der Waals surface area contributed by atoms with Crippen molar-refractivity contribution in [3.8, 4) is 11.5 Å². The number of hydrogen-bond acceptors (Lipinski definition) is 4. The average molecular weight is 337 g/mol. The zero-order valence-electron chi connectivity index (χ0n) is 14.2. The lowest BCUT2D eigenvalue weighted by molar-refractivity contribution is -0.130. The maximum absolute atomic E-state index is 12.4. The minimum atomic E-state index is -0.334. The summed E-state index contributed by atoms with van der Waals surface area (Å²) in [5, 5.41) is 8.05. The first-order valence-electron chi connectivity index (χ1n) is 8.02. The molecule has 2 aromatic carbocycles. The van der Waals surface area contributed by atoms with Gasteiger partial charge < -0.3 is 10.1 Å². The van der Waals surface area contributed by atoms with Crippen molar-refractivity contribution in [1.82, 2.24) is 5.01 Å². The van der Waals surface area contributed by atoms with Crippen LogP contribution >= 0.6 is 0 Å². The van der Waals surface area contributed by atoms with Crippen LogP contribution in [0.3, 0.4) is 0 Å². The monoisotopic (exact) mass is 337 g/mol. The van der Waals surface area contributed by atoms with E-state index >= 15 is 0 Å². The second-order valence-electron chi connectivity index (χ2n) is 5.83. The molecule has 2 amide bonds. The summed E-state index contributed by atoms with van der Waals surface area (Å²) in [5.41, 5.74) is 2.02. The lowest BCUT2D eigenvalue weighted by atomic mass is 10.1. The van der Waals surface area contributed by atoms with Gasteiger partial charge in [-0.3, -0.25) is 9.59 Å². The molecule has 25 heavy (non-hydrogen) atoms. The van der Waals surface area contributed by atoms with Crippen molar-refractivity contribution in [2.24, 2.45) is 5.10 Å². The minimum Gasteiger partial charge on any atom is -0.455 e. The SMILES string of the molecule is Cc1ccc(Oc2ccccc2NC(=O)C2=NN(C)C(=O)CC2)cc1. The Morgan fingerprint density at radius 3 is 2.56 bits per heavy atom. The lowest BCUT2D eigenvalue weighted by Gasteiger charge is -2.19. The second-order valence-corrected chi connectivity index (χ2v) is 5.83. The molecule has 1 N–H and O–H groups in total. The van der Waals surface area contributed by atoms with Crippen LogP contribution in [0.15, 0.2) is 53.6 Å². The molecule has 0 fully saturated rings. The van der Waals surface area contributed by atoms with E-state index in [0.29, 0.717) is 29.3 Å². The number of hydrogen-bond donors (Lipinski definition) is 1. The van der Waals surface area contributed by atoms with E-state index in [-0.39, 0.29) is 18.2 Å². The Morgan fingerprint density at radius 2 is 1.84 bits per heavy atom. The van der Waals surface area contributed by atoms with Crippen LogP contribution in [0.1, 0.15) is 18.4 Å². The molecule has 3 rings (SSSR count). The molecule has 0 aromatic heterocycles. The topological polar surface area (TPSA) is 71.0 Å². The van der Waals surface area contributed by atoms with Crippen LogP contribution in [-0.4, -0.2) is 29.6 Å². The van der Waals surface area contributed by atoms with Crippen LogP contribution in [0.25, 0.3) is 0 Å². The molecule has 0 atom stereocenters. The summed E-state index contributed by atoms with van der Waals surface area (Å²) in [6.45, 7) is 2.00. The van der Waals surface area contributed by atoms with Gasteiger partial charge >= 0.3 is 0 Å². The number of nitrogens with one attached hydrogen (secondary N) is 1. The first-order valence-corrected chi connectivity index (χ1v) is 8.02. The minimum absolute atomic E-state index is 0.0975. The molecule has 0 saturated heterocycles. The molecule has 6 nitrogen and oxygen atoms in total. The van der Waals surface area contributed by atoms with Crippen LogP contribution in [0.4, 0.5) is 5.69 Å². The van der Waals surface area contributed by atoms with Crippen LogP contribution in [0.5, 0.6) is 11.5 Å². The van der Waals surface area contributed by atoms with E-state index in [9.17, 15) is 9.59 Å². The molecule has 0 radical (unpaired) electrons. The third-order valence-electron chi connectivity index (χ3n) is 3.85. The summed E-state index contributed by atoms with van der Waals surface area (Å²) in [6.07, 6.45) is 0.611. The number of benzene rings is 2. The average Bonchev–Trinajstić information content (AvgIpc) is 2.61. The fourth-order valence-corrected chi connectivity index (χ4v) is 2.42. The molecule has 0 saturated carbocycles. The van der Waals surface area contributed by atoms with Crippen molar-refractivity contribution in [2.75, 3.05) is 12.4 Å². The number of amides is 2. The zero-order valence-corrected chi connectivity index (χ0v) is 14.2. The standard InChI is InChI=1S/C19H19N3O3/c1-13-7-9-14(10-8-13)25-17-6-4-3-5-15(17)20-19(24)16-11-12-18(23)22(2)21-16/h3-10H,11-12H2,1-2H3,(H,20,24). The highest BCUT2D eigenvalue weighted by atomic mass is 16.5. The highest BCUT2D eigenvalue weighted by Crippen LogP contribution is 2.29. The Labute approximate surface area is 146 Å². The number of aryl methyl sites for hydroxylation is 1. The molecular weight excluding hydrogens is 318 g/mol. The first kappa shape index (κ1) is 16.7. The van der Waals surface area contributed by atoms with Gasteiger partial charge in [0.2, 0.25) is 5.91 Å². The van der Waals surface area contributed by atoms with E-state index < -0.39 is 0 Å². The maximum Gasteiger partial charge on any atom is 0.271 e. The van der Waals surface area contributed by atoms with Gasteiger partial charge in [-0.1, -0.05) is 29.8 Å². The Bertz CT molecular complexity index is 828. The summed E-state index contributed by atoms with van der Waals surface area (Å²) in [6, 6.07) is 14.9. The van der Waals surface area contributed by atoms with E-state index in [1.807, 2.05) is 43.3 Å². The molecule has 128 valence electrons. The Morgan fingerprint density at radius 1 is 1.12 bits per heavy atom. The number of nitrogens with zero attached hydrogens (tertiary/aromatic N) is 2. The zero-order chi connectivity index (χ0) is 17.8. The Balaban J connectivity index is 1.77. The van der Waals surface area contributed by atoms with Crippen molar-refractivity contribution in [1.29, 1.82) is 0 Å². The van der Waals surface area contributed by atoms with Gasteiger partial charge in [-0.15, -0.1) is 0 Å². The van der Waals surface area contributed by atoms with E-state index in [0.717, 1.165) is 5.56 Å². The lowest BCUT2D eigenvalue weighted by Crippen LogP contribution is -2.34. The predicted molar refractivity (Wildman–Crippen MR) is 95.8 cm³/mol. The molecule has 0 aliphatic carbocycles. The molecular formula is C19H19N3O3. The number of hydrazone groups is 1. The van der Waals surface area contributed by atoms with Crippen molar-refractivity contribution in [3.63, 3.8) is 0 Å². The molecule has 0 spiro atoms. The van der Waals surface area contributed by atoms with Crippen LogP contribution in [0, 0.1) is 6.92 Å². The van der Waals surface area contributed by atoms with Crippen LogP contribution in [0.2, 0.25) is 0 Å². The molecule has 1 aliphatic rings. The predicted octanol–water partition coefficient (Wildman–Crippen LogP) is 3.33. The number of carbonyl (C=O) groups excluding carboxylic acids is 2. The van der Waals surface area contributed by atoms with E-state index in [2.05, 4.69) is 10.4 Å².